The monoisotopic (exact) mass is 591 g/mol. The lowest BCUT2D eigenvalue weighted by molar-refractivity contribution is -0.000922. The Bertz CT molecular complexity index is 1250. The molecule has 0 unspecified atom stereocenters. The molecule has 9 nitrogen and oxygen atoms in total. The summed E-state index contributed by atoms with van der Waals surface area (Å²) < 4.78 is 50.4. The molecule has 232 valence electrons. The van der Waals surface area contributed by atoms with Crippen molar-refractivity contribution in [3.8, 4) is 5.75 Å². The molecule has 4 rings (SSSR count). The smallest absolute Gasteiger partial charge is 0.425 e. The Morgan fingerprint density at radius 3 is 2.14 bits per heavy atom. The van der Waals surface area contributed by atoms with Gasteiger partial charge in [0.1, 0.15) is 11.2 Å². The van der Waals surface area contributed by atoms with Crippen molar-refractivity contribution >= 4 is 23.7 Å². The zero-order valence-corrected chi connectivity index (χ0v) is 25.9. The molecule has 1 saturated carbocycles. The van der Waals surface area contributed by atoms with Crippen LogP contribution in [0, 0.1) is 11.2 Å². The van der Waals surface area contributed by atoms with Crippen molar-refractivity contribution in [2.45, 2.75) is 110 Å². The molecule has 0 aromatic heterocycles. The van der Waals surface area contributed by atoms with Crippen LogP contribution in [-0.2, 0) is 26.3 Å². The summed E-state index contributed by atoms with van der Waals surface area (Å²) in [6.45, 7) is 11.3. The van der Waals surface area contributed by atoms with Crippen LogP contribution in [0.4, 0.5) is 18.4 Å². The van der Waals surface area contributed by atoms with E-state index in [4.69, 9.17) is 28.9 Å². The minimum atomic E-state index is -1.26. The maximum atomic E-state index is 15.2. The van der Waals surface area contributed by atoms with Crippen molar-refractivity contribution < 1.29 is 37.3 Å². The first-order valence-corrected chi connectivity index (χ1v) is 14.5. The number of carbonyl (C=O) groups is 2. The highest BCUT2D eigenvalue weighted by atomic mass is 19.1. The predicted molar refractivity (Wildman–Crippen MR) is 154 cm³/mol. The quantitative estimate of drug-likeness (QED) is 0.346. The highest BCUT2D eigenvalue weighted by Crippen LogP contribution is 2.62. The summed E-state index contributed by atoms with van der Waals surface area (Å²) in [7, 11) is 1.69. The van der Waals surface area contributed by atoms with Gasteiger partial charge in [0, 0.05) is 24.5 Å². The summed E-state index contributed by atoms with van der Waals surface area (Å²) in [6, 6.07) is 3.03. The van der Waals surface area contributed by atoms with Crippen LogP contribution in [0.15, 0.2) is 22.1 Å². The molecule has 2 amide bonds. The van der Waals surface area contributed by atoms with Crippen LogP contribution in [-0.4, -0.2) is 66.3 Å². The highest BCUT2D eigenvalue weighted by Gasteiger charge is 2.62. The Morgan fingerprint density at radius 1 is 1.02 bits per heavy atom. The number of nitrogens with zero attached hydrogens (tertiary/aromatic N) is 3. The third-order valence-electron chi connectivity index (χ3n) is 7.85. The molecule has 0 N–H and O–H groups in total. The second-order valence-corrected chi connectivity index (χ2v) is 13.3. The van der Waals surface area contributed by atoms with E-state index in [-0.39, 0.29) is 30.7 Å². The van der Waals surface area contributed by atoms with Crippen molar-refractivity contribution in [2.75, 3.05) is 20.4 Å². The summed E-state index contributed by atoms with van der Waals surface area (Å²) >= 11 is 0. The molecule has 3 aliphatic rings. The van der Waals surface area contributed by atoms with Gasteiger partial charge in [-0.1, -0.05) is 0 Å². The van der Waals surface area contributed by atoms with E-state index in [0.717, 1.165) is 23.3 Å². The van der Waals surface area contributed by atoms with E-state index in [9.17, 15) is 14.0 Å². The zero-order valence-electron chi connectivity index (χ0n) is 25.9. The predicted octanol–water partition coefficient (Wildman–Crippen LogP) is 6.89. The van der Waals surface area contributed by atoms with Gasteiger partial charge in [0.25, 0.3) is 0 Å². The topological polar surface area (TPSA) is 99.0 Å². The van der Waals surface area contributed by atoms with Crippen LogP contribution < -0.4 is 4.74 Å². The number of hydrogen-bond acceptors (Lipinski definition) is 8. The fraction of sp³-hybridized carbons (Fsp3) is 0.677. The van der Waals surface area contributed by atoms with Gasteiger partial charge < -0.3 is 18.9 Å². The number of fused-ring (bicyclic) bond motifs is 3. The van der Waals surface area contributed by atoms with Crippen molar-refractivity contribution in [3.05, 3.63) is 29.1 Å². The van der Waals surface area contributed by atoms with Crippen molar-refractivity contribution in [2.24, 2.45) is 15.4 Å². The Balaban J connectivity index is 1.88. The minimum Gasteiger partial charge on any atom is -0.490 e. The summed E-state index contributed by atoms with van der Waals surface area (Å²) in [6.07, 6.45) is 1.66. The molecule has 2 spiro atoms. The third-order valence-corrected chi connectivity index (χ3v) is 7.85. The SMILES string of the molecule is CO[C@H]1CC[C@]2(CC1)Cc1cc(F)c(OCCCF)cc1[C@]21N=C(C)C(N(C(=O)OC(C)(C)C)C(=O)OC(C)(C)C)=N1. The lowest BCUT2D eigenvalue weighted by Crippen LogP contribution is -2.49. The largest absolute Gasteiger partial charge is 0.490 e. The molecule has 0 bridgehead atoms. The number of rotatable bonds is 5. The van der Waals surface area contributed by atoms with Crippen LogP contribution in [0.2, 0.25) is 0 Å². The third kappa shape index (κ3) is 6.16. The number of hydrogen-bond donors (Lipinski definition) is 0. The lowest BCUT2D eigenvalue weighted by Gasteiger charge is -2.44. The van der Waals surface area contributed by atoms with E-state index < -0.39 is 47.0 Å². The summed E-state index contributed by atoms with van der Waals surface area (Å²) in [5.74, 6) is -0.543. The van der Waals surface area contributed by atoms with Crippen molar-refractivity contribution in [3.63, 3.8) is 0 Å². The lowest BCUT2D eigenvalue weighted by atomic mass is 9.65. The molecule has 0 radical (unpaired) electrons. The molecule has 1 aromatic rings. The molecule has 1 aliphatic heterocycles. The first-order valence-electron chi connectivity index (χ1n) is 14.5. The van der Waals surface area contributed by atoms with Crippen LogP contribution in [0.1, 0.15) is 91.7 Å². The van der Waals surface area contributed by atoms with Crippen LogP contribution in [0.3, 0.4) is 0 Å². The van der Waals surface area contributed by atoms with E-state index in [1.807, 2.05) is 0 Å². The molecule has 42 heavy (non-hydrogen) atoms. The van der Waals surface area contributed by atoms with Crippen LogP contribution >= 0.6 is 0 Å². The Morgan fingerprint density at radius 2 is 1.62 bits per heavy atom. The molecule has 1 aromatic carbocycles. The standard InChI is InChI=1S/C31H43F2N3O6/c1-19-25(36(26(37)41-28(2,3)4)27(38)42-29(5,6)7)35-31(34-19)22-17-24(40-15-9-14-32)23(33)16-20(22)18-30(31)12-10-21(39-8)11-13-30/h16-17,21H,9-15,18H2,1-8H3/t21-,30-,31-/m1/s1. The van der Waals surface area contributed by atoms with Gasteiger partial charge in [0.2, 0.25) is 0 Å². The van der Waals surface area contributed by atoms with E-state index in [0.29, 0.717) is 30.5 Å². The van der Waals surface area contributed by atoms with Gasteiger partial charge in [-0.3, -0.25) is 9.38 Å². The fourth-order valence-corrected chi connectivity index (χ4v) is 6.08. The first-order chi connectivity index (χ1) is 19.5. The molecule has 11 heteroatoms. The van der Waals surface area contributed by atoms with Gasteiger partial charge in [-0.05, 0) is 98.3 Å². The Kier molecular flexibility index (Phi) is 8.75. The molecular formula is C31H43F2N3O6. The number of amidine groups is 1. The Hall–Kier alpha value is -3.08. The van der Waals surface area contributed by atoms with E-state index in [1.54, 1.807) is 61.6 Å². The molecule has 1 atom stereocenters. The second kappa shape index (κ2) is 11.5. The highest BCUT2D eigenvalue weighted by molar-refractivity contribution is 6.46. The second-order valence-electron chi connectivity index (χ2n) is 13.3. The molecule has 1 heterocycles. The minimum absolute atomic E-state index is 0.0156. The van der Waals surface area contributed by atoms with Crippen LogP contribution in [0.25, 0.3) is 0 Å². The number of halogens is 2. The molecule has 1 fully saturated rings. The van der Waals surface area contributed by atoms with E-state index >= 15 is 4.39 Å². The summed E-state index contributed by atoms with van der Waals surface area (Å²) in [5.41, 5.74) is -1.91. The molecule has 0 saturated heterocycles. The number of ether oxygens (including phenoxy) is 4. The number of aliphatic imine (C=N–C) groups is 2. The fourth-order valence-electron chi connectivity index (χ4n) is 6.08. The number of carbonyl (C=O) groups excluding carboxylic acids is 2. The van der Waals surface area contributed by atoms with E-state index in [2.05, 4.69) is 0 Å². The van der Waals surface area contributed by atoms with Gasteiger partial charge in [-0.2, -0.15) is 4.90 Å². The van der Waals surface area contributed by atoms with Crippen molar-refractivity contribution in [1.82, 2.24) is 4.90 Å². The van der Waals surface area contributed by atoms with E-state index in [1.165, 1.54) is 6.07 Å². The van der Waals surface area contributed by atoms with Gasteiger partial charge in [0.05, 0.1) is 25.1 Å². The average molecular weight is 592 g/mol. The Labute approximate surface area is 246 Å². The summed E-state index contributed by atoms with van der Waals surface area (Å²) in [4.78, 5) is 38.0. The van der Waals surface area contributed by atoms with Gasteiger partial charge >= 0.3 is 12.2 Å². The van der Waals surface area contributed by atoms with Gasteiger partial charge in [-0.15, -0.1) is 0 Å². The normalized spacial score (nSPS) is 25.2. The average Bonchev–Trinajstić information content (AvgIpc) is 3.32. The number of imide groups is 1. The number of benzene rings is 1. The van der Waals surface area contributed by atoms with Crippen molar-refractivity contribution in [1.29, 1.82) is 0 Å². The molecule has 2 aliphatic carbocycles. The number of alkyl halides is 1. The maximum absolute atomic E-state index is 15.2. The molecular weight excluding hydrogens is 548 g/mol. The number of methoxy groups -OCH3 is 1. The van der Waals surface area contributed by atoms with Gasteiger partial charge in [-0.25, -0.2) is 19.0 Å². The number of amides is 2. The van der Waals surface area contributed by atoms with Gasteiger partial charge in [0.15, 0.2) is 23.1 Å². The summed E-state index contributed by atoms with van der Waals surface area (Å²) in [5, 5.41) is 0. The van der Waals surface area contributed by atoms with Crippen LogP contribution in [0.5, 0.6) is 5.75 Å². The first kappa shape index (κ1) is 31.8. The maximum Gasteiger partial charge on any atom is 0.425 e. The zero-order chi connectivity index (χ0) is 31.1.